The van der Waals surface area contributed by atoms with Crippen LogP contribution in [-0.2, 0) is 11.3 Å². The number of carbonyl (C=O) groups is 2. The monoisotopic (exact) mass is 410 g/mol. The summed E-state index contributed by atoms with van der Waals surface area (Å²) in [5, 5.41) is 0.327. The molecule has 3 aromatic carbocycles. The molecule has 0 aliphatic heterocycles. The van der Waals surface area contributed by atoms with Gasteiger partial charge in [0.2, 0.25) is 5.78 Å². The van der Waals surface area contributed by atoms with E-state index in [-0.39, 0.29) is 12.4 Å². The molecule has 0 aromatic heterocycles. The van der Waals surface area contributed by atoms with Gasteiger partial charge in [0.1, 0.15) is 6.61 Å². The Hall–Kier alpha value is -3.31. The number of methoxy groups -OCH3 is 1. The summed E-state index contributed by atoms with van der Waals surface area (Å²) in [7, 11) is 1.58. The van der Waals surface area contributed by atoms with Gasteiger partial charge < -0.3 is 14.2 Å². The van der Waals surface area contributed by atoms with Crippen molar-refractivity contribution < 1.29 is 23.8 Å². The van der Waals surface area contributed by atoms with Gasteiger partial charge in [0.05, 0.1) is 17.7 Å². The summed E-state index contributed by atoms with van der Waals surface area (Å²) < 4.78 is 16.1. The van der Waals surface area contributed by atoms with Crippen LogP contribution >= 0.6 is 11.6 Å². The Morgan fingerprint density at radius 1 is 0.862 bits per heavy atom. The van der Waals surface area contributed by atoms with E-state index in [0.717, 1.165) is 5.56 Å². The molecule has 0 bridgehead atoms. The third kappa shape index (κ3) is 5.36. The third-order valence-corrected chi connectivity index (χ3v) is 4.49. The minimum absolute atomic E-state index is 0.320. The lowest BCUT2D eigenvalue weighted by molar-refractivity contribution is 0.0474. The second-order valence-corrected chi connectivity index (χ2v) is 6.52. The molecule has 3 rings (SSSR count). The number of ether oxygens (including phenoxy) is 3. The van der Waals surface area contributed by atoms with Crippen LogP contribution in [0.1, 0.15) is 26.3 Å². The number of halogens is 1. The van der Waals surface area contributed by atoms with Crippen LogP contribution in [0, 0.1) is 0 Å². The molecule has 0 heterocycles. The molecule has 0 saturated carbocycles. The molecule has 29 heavy (non-hydrogen) atoms. The molecule has 0 radical (unpaired) electrons. The topological polar surface area (TPSA) is 61.8 Å². The average Bonchev–Trinajstić information content (AvgIpc) is 2.76. The van der Waals surface area contributed by atoms with Gasteiger partial charge in [0, 0.05) is 5.56 Å². The van der Waals surface area contributed by atoms with E-state index in [0.29, 0.717) is 34.3 Å². The number of ketones is 1. The fraction of sp³-hybridized carbons (Fsp3) is 0.130. The molecule has 5 nitrogen and oxygen atoms in total. The van der Waals surface area contributed by atoms with Gasteiger partial charge in [0.25, 0.3) is 0 Å². The molecule has 0 unspecified atom stereocenters. The van der Waals surface area contributed by atoms with Gasteiger partial charge >= 0.3 is 5.97 Å². The van der Waals surface area contributed by atoms with Crippen LogP contribution in [0.25, 0.3) is 0 Å². The highest BCUT2D eigenvalue weighted by atomic mass is 35.5. The van der Waals surface area contributed by atoms with Crippen molar-refractivity contribution in [3.8, 4) is 11.5 Å². The summed E-state index contributed by atoms with van der Waals surface area (Å²) in [6.45, 7) is -0.0536. The number of hydrogen-bond donors (Lipinski definition) is 0. The third-order valence-electron chi connectivity index (χ3n) is 4.16. The first-order valence-electron chi connectivity index (χ1n) is 8.88. The number of rotatable bonds is 8. The molecule has 0 aliphatic carbocycles. The van der Waals surface area contributed by atoms with Crippen LogP contribution in [0.5, 0.6) is 11.5 Å². The van der Waals surface area contributed by atoms with Crippen LogP contribution in [0.2, 0.25) is 5.02 Å². The van der Waals surface area contributed by atoms with E-state index in [2.05, 4.69) is 0 Å². The number of para-hydroxylation sites is 2. The Labute approximate surface area is 173 Å². The van der Waals surface area contributed by atoms with Crippen LogP contribution in [-0.4, -0.2) is 25.5 Å². The second kappa shape index (κ2) is 9.75. The van der Waals surface area contributed by atoms with Gasteiger partial charge in [-0.05, 0) is 42.0 Å². The highest BCUT2D eigenvalue weighted by molar-refractivity contribution is 6.34. The maximum absolute atomic E-state index is 12.2. The van der Waals surface area contributed by atoms with Crippen molar-refractivity contribution >= 4 is 23.4 Å². The second-order valence-electron chi connectivity index (χ2n) is 6.12. The highest BCUT2D eigenvalue weighted by Gasteiger charge is 2.14. The predicted octanol–water partition coefficient (Wildman–Crippen LogP) is 4.97. The Bertz CT molecular complexity index is 998. The molecule has 0 amide bonds. The first kappa shape index (κ1) is 20.4. The largest absolute Gasteiger partial charge is 0.493 e. The summed E-state index contributed by atoms with van der Waals surface area (Å²) in [6.07, 6.45) is 0. The molecular weight excluding hydrogens is 392 g/mol. The molecule has 6 heteroatoms. The maximum Gasteiger partial charge on any atom is 0.338 e. The molecule has 0 atom stereocenters. The smallest absolute Gasteiger partial charge is 0.338 e. The summed E-state index contributed by atoms with van der Waals surface area (Å²) in [5.41, 5.74) is 1.54. The van der Waals surface area contributed by atoms with Gasteiger partial charge in [-0.1, -0.05) is 48.0 Å². The van der Waals surface area contributed by atoms with Crippen molar-refractivity contribution in [1.82, 2.24) is 0 Å². The SMILES string of the molecule is COc1ccccc1OCc1ccc(C(=O)OCC(=O)c2ccccc2Cl)cc1. The van der Waals surface area contributed by atoms with Crippen molar-refractivity contribution in [2.75, 3.05) is 13.7 Å². The summed E-state index contributed by atoms with van der Waals surface area (Å²) in [6, 6.07) is 20.8. The fourth-order valence-electron chi connectivity index (χ4n) is 2.62. The van der Waals surface area contributed by atoms with E-state index < -0.39 is 5.97 Å². The molecule has 0 aliphatic rings. The van der Waals surface area contributed by atoms with Gasteiger partial charge in [-0.2, -0.15) is 0 Å². The van der Waals surface area contributed by atoms with Gasteiger partial charge in [-0.25, -0.2) is 4.79 Å². The van der Waals surface area contributed by atoms with E-state index in [4.69, 9.17) is 25.8 Å². The number of hydrogen-bond acceptors (Lipinski definition) is 5. The summed E-state index contributed by atoms with van der Waals surface area (Å²) >= 11 is 5.98. The zero-order valence-corrected chi connectivity index (χ0v) is 16.5. The molecule has 0 saturated heterocycles. The van der Waals surface area contributed by atoms with E-state index in [9.17, 15) is 9.59 Å². The zero-order chi connectivity index (χ0) is 20.6. The van der Waals surface area contributed by atoms with Crippen LogP contribution in [0.3, 0.4) is 0 Å². The lowest BCUT2D eigenvalue weighted by Gasteiger charge is -2.10. The molecule has 148 valence electrons. The molecule has 0 spiro atoms. The summed E-state index contributed by atoms with van der Waals surface area (Å²) in [4.78, 5) is 24.3. The Morgan fingerprint density at radius 2 is 1.52 bits per heavy atom. The minimum atomic E-state index is -0.581. The first-order valence-corrected chi connectivity index (χ1v) is 9.26. The Kier molecular flexibility index (Phi) is 6.87. The number of Topliss-reactive ketones (excluding diaryl/α,β-unsaturated/α-hetero) is 1. The quantitative estimate of drug-likeness (QED) is 0.387. The predicted molar refractivity (Wildman–Crippen MR) is 110 cm³/mol. The van der Waals surface area contributed by atoms with Crippen LogP contribution < -0.4 is 9.47 Å². The van der Waals surface area contributed by atoms with Crippen molar-refractivity contribution in [1.29, 1.82) is 0 Å². The Balaban J connectivity index is 1.55. The van der Waals surface area contributed by atoms with E-state index in [1.54, 1.807) is 55.6 Å². The zero-order valence-electron chi connectivity index (χ0n) is 15.8. The van der Waals surface area contributed by atoms with Gasteiger partial charge in [-0.3, -0.25) is 4.79 Å². The van der Waals surface area contributed by atoms with Gasteiger partial charge in [-0.15, -0.1) is 0 Å². The van der Waals surface area contributed by atoms with E-state index in [1.807, 2.05) is 24.3 Å². The highest BCUT2D eigenvalue weighted by Crippen LogP contribution is 2.26. The maximum atomic E-state index is 12.2. The number of carbonyl (C=O) groups excluding carboxylic acids is 2. The van der Waals surface area contributed by atoms with Crippen molar-refractivity contribution in [2.45, 2.75) is 6.61 Å². The normalized spacial score (nSPS) is 10.3. The van der Waals surface area contributed by atoms with E-state index in [1.165, 1.54) is 0 Å². The van der Waals surface area contributed by atoms with Crippen molar-refractivity contribution in [3.05, 3.63) is 94.5 Å². The van der Waals surface area contributed by atoms with Crippen LogP contribution in [0.4, 0.5) is 0 Å². The van der Waals surface area contributed by atoms with Crippen LogP contribution in [0.15, 0.2) is 72.8 Å². The van der Waals surface area contributed by atoms with Gasteiger partial charge in [0.15, 0.2) is 18.1 Å². The van der Waals surface area contributed by atoms with Crippen molar-refractivity contribution in [2.24, 2.45) is 0 Å². The number of benzene rings is 3. The van der Waals surface area contributed by atoms with Crippen molar-refractivity contribution in [3.63, 3.8) is 0 Å². The molecule has 3 aromatic rings. The number of esters is 1. The minimum Gasteiger partial charge on any atom is -0.493 e. The molecule has 0 N–H and O–H groups in total. The Morgan fingerprint density at radius 3 is 2.21 bits per heavy atom. The summed E-state index contributed by atoms with van der Waals surface area (Å²) in [5.74, 6) is 0.348. The average molecular weight is 411 g/mol. The molecule has 0 fully saturated rings. The fourth-order valence-corrected chi connectivity index (χ4v) is 2.86. The molecular formula is C23H19ClO5. The van der Waals surface area contributed by atoms with E-state index >= 15 is 0 Å². The standard InChI is InChI=1S/C23H19ClO5/c1-27-21-8-4-5-9-22(21)28-14-16-10-12-17(13-11-16)23(26)29-15-20(25)18-6-2-3-7-19(18)24/h2-13H,14-15H2,1H3. The lowest BCUT2D eigenvalue weighted by atomic mass is 10.1. The lowest BCUT2D eigenvalue weighted by Crippen LogP contribution is -2.14. The first-order chi connectivity index (χ1) is 14.1.